The van der Waals surface area contributed by atoms with Gasteiger partial charge in [-0.3, -0.25) is 4.90 Å². The molecule has 3 rings (SSSR count). The van der Waals surface area contributed by atoms with E-state index in [1.807, 2.05) is 0 Å². The molecular formula is C13H27N5. The molecule has 18 heavy (non-hydrogen) atoms. The zero-order chi connectivity index (χ0) is 12.6. The van der Waals surface area contributed by atoms with Gasteiger partial charge < -0.3 is 10.6 Å². The lowest BCUT2D eigenvalue weighted by atomic mass is 9.89. The molecule has 3 heterocycles. The van der Waals surface area contributed by atoms with Crippen molar-refractivity contribution in [3.8, 4) is 0 Å². The van der Waals surface area contributed by atoms with Gasteiger partial charge in [0.05, 0.1) is 5.54 Å². The molecule has 0 saturated carbocycles. The maximum atomic E-state index is 6.14. The van der Waals surface area contributed by atoms with Gasteiger partial charge in [0.15, 0.2) is 0 Å². The summed E-state index contributed by atoms with van der Waals surface area (Å²) in [5.74, 6) is 0. The summed E-state index contributed by atoms with van der Waals surface area (Å²) < 4.78 is 0. The average Bonchev–Trinajstić information content (AvgIpc) is 2.96. The van der Waals surface area contributed by atoms with E-state index in [1.54, 1.807) is 0 Å². The molecule has 0 spiro atoms. The van der Waals surface area contributed by atoms with Gasteiger partial charge in [-0.25, -0.2) is 10.4 Å². The Bertz CT molecular complexity index is 289. The number of nitrogens with one attached hydrogen (secondary N) is 1. The number of piperazine rings is 1. The van der Waals surface area contributed by atoms with E-state index >= 15 is 0 Å². The first kappa shape index (κ1) is 12.8. The molecule has 3 aliphatic heterocycles. The fourth-order valence-electron chi connectivity index (χ4n) is 3.88. The molecule has 2 atom stereocenters. The number of nitrogens with two attached hydrogens (primary N) is 1. The van der Waals surface area contributed by atoms with E-state index in [1.165, 1.54) is 32.4 Å². The van der Waals surface area contributed by atoms with Crippen LogP contribution in [-0.2, 0) is 0 Å². The lowest BCUT2D eigenvalue weighted by molar-refractivity contribution is 0.0434. The number of likely N-dealkylation sites (N-methyl/N-ethyl adjacent to an activating group) is 1. The van der Waals surface area contributed by atoms with Gasteiger partial charge >= 0.3 is 0 Å². The summed E-state index contributed by atoms with van der Waals surface area (Å²) in [6, 6.07) is 0.669. The van der Waals surface area contributed by atoms with Crippen molar-refractivity contribution in [1.29, 1.82) is 0 Å². The summed E-state index contributed by atoms with van der Waals surface area (Å²) >= 11 is 0. The van der Waals surface area contributed by atoms with Gasteiger partial charge in [0, 0.05) is 45.3 Å². The molecule has 3 saturated heterocycles. The molecule has 0 aromatic heterocycles. The molecular weight excluding hydrogens is 226 g/mol. The molecule has 0 bridgehead atoms. The number of hydrogen-bond donors (Lipinski definition) is 2. The minimum Gasteiger partial charge on any atom is -0.329 e. The number of nitrogens with zero attached hydrogens (tertiary/aromatic N) is 3. The normalized spacial score (nSPS) is 39.3. The van der Waals surface area contributed by atoms with Crippen LogP contribution in [-0.4, -0.2) is 79.3 Å². The number of hydrazine groups is 1. The molecule has 3 fully saturated rings. The first-order valence-electron chi connectivity index (χ1n) is 7.39. The third-order valence-electron chi connectivity index (χ3n) is 5.09. The Morgan fingerprint density at radius 3 is 2.67 bits per heavy atom. The minimum absolute atomic E-state index is 0.145. The Balaban J connectivity index is 1.65. The summed E-state index contributed by atoms with van der Waals surface area (Å²) in [6.07, 6.45) is 3.87. The van der Waals surface area contributed by atoms with Crippen molar-refractivity contribution in [2.24, 2.45) is 5.73 Å². The number of rotatable bonds is 3. The predicted octanol–water partition coefficient (Wildman–Crippen LogP) is -0.696. The standard InChI is InChI=1S/C13H27N5/c1-16-7-9-18(10-8-16)15-13(11-14)4-6-17-5-2-3-12(13)17/h12,15H,2-11,14H2,1H3. The van der Waals surface area contributed by atoms with Gasteiger partial charge in [-0.2, -0.15) is 0 Å². The molecule has 0 aromatic carbocycles. The van der Waals surface area contributed by atoms with Crippen LogP contribution in [0.3, 0.4) is 0 Å². The Morgan fingerprint density at radius 1 is 1.17 bits per heavy atom. The van der Waals surface area contributed by atoms with Crippen molar-refractivity contribution >= 4 is 0 Å². The fourth-order valence-corrected chi connectivity index (χ4v) is 3.88. The van der Waals surface area contributed by atoms with E-state index in [2.05, 4.69) is 27.3 Å². The Morgan fingerprint density at radius 2 is 1.94 bits per heavy atom. The van der Waals surface area contributed by atoms with Crippen molar-refractivity contribution in [1.82, 2.24) is 20.2 Å². The Labute approximate surface area is 110 Å². The van der Waals surface area contributed by atoms with Crippen LogP contribution in [0.25, 0.3) is 0 Å². The van der Waals surface area contributed by atoms with Gasteiger partial charge in [-0.05, 0) is 32.9 Å². The molecule has 3 aliphatic rings. The van der Waals surface area contributed by atoms with Crippen molar-refractivity contribution in [3.63, 3.8) is 0 Å². The first-order valence-corrected chi connectivity index (χ1v) is 7.39. The SMILES string of the molecule is CN1CCN(NC2(CN)CCN3CCCC32)CC1. The van der Waals surface area contributed by atoms with Gasteiger partial charge in [0.1, 0.15) is 0 Å². The van der Waals surface area contributed by atoms with E-state index < -0.39 is 0 Å². The lowest BCUT2D eigenvalue weighted by Crippen LogP contribution is -2.65. The van der Waals surface area contributed by atoms with Crippen LogP contribution < -0.4 is 11.2 Å². The lowest BCUT2D eigenvalue weighted by Gasteiger charge is -2.42. The highest BCUT2D eigenvalue weighted by Crippen LogP contribution is 2.35. The zero-order valence-corrected chi connectivity index (χ0v) is 11.6. The van der Waals surface area contributed by atoms with Crippen molar-refractivity contribution in [2.45, 2.75) is 30.8 Å². The maximum absolute atomic E-state index is 6.14. The summed E-state index contributed by atoms with van der Waals surface area (Å²) in [5, 5.41) is 2.41. The molecule has 104 valence electrons. The Kier molecular flexibility index (Phi) is 3.60. The highest BCUT2D eigenvalue weighted by atomic mass is 15.6. The van der Waals surface area contributed by atoms with Crippen molar-refractivity contribution in [2.75, 3.05) is 52.9 Å². The minimum atomic E-state index is 0.145. The van der Waals surface area contributed by atoms with E-state index in [9.17, 15) is 0 Å². The van der Waals surface area contributed by atoms with Gasteiger partial charge in [0.25, 0.3) is 0 Å². The second-order valence-corrected chi connectivity index (χ2v) is 6.21. The van der Waals surface area contributed by atoms with Crippen LogP contribution in [0, 0.1) is 0 Å². The highest BCUT2D eigenvalue weighted by Gasteiger charge is 2.49. The van der Waals surface area contributed by atoms with Crippen molar-refractivity contribution in [3.05, 3.63) is 0 Å². The van der Waals surface area contributed by atoms with Crippen LogP contribution in [0.15, 0.2) is 0 Å². The van der Waals surface area contributed by atoms with E-state index in [4.69, 9.17) is 5.73 Å². The van der Waals surface area contributed by atoms with Crippen LogP contribution in [0.4, 0.5) is 0 Å². The number of fused-ring (bicyclic) bond motifs is 1. The largest absolute Gasteiger partial charge is 0.329 e. The third-order valence-corrected chi connectivity index (χ3v) is 5.09. The monoisotopic (exact) mass is 253 g/mol. The summed E-state index contributed by atoms with van der Waals surface area (Å²) in [7, 11) is 2.20. The van der Waals surface area contributed by atoms with Gasteiger partial charge in [-0.1, -0.05) is 0 Å². The molecule has 0 radical (unpaired) electrons. The quantitative estimate of drug-likeness (QED) is 0.697. The maximum Gasteiger partial charge on any atom is 0.0614 e. The smallest absolute Gasteiger partial charge is 0.0614 e. The van der Waals surface area contributed by atoms with E-state index in [0.717, 1.165) is 32.7 Å². The molecule has 0 aromatic rings. The third kappa shape index (κ3) is 2.18. The summed E-state index contributed by atoms with van der Waals surface area (Å²) in [4.78, 5) is 5.03. The van der Waals surface area contributed by atoms with Crippen molar-refractivity contribution < 1.29 is 0 Å². The number of hydrogen-bond acceptors (Lipinski definition) is 5. The predicted molar refractivity (Wildman–Crippen MR) is 73.2 cm³/mol. The molecule has 5 nitrogen and oxygen atoms in total. The molecule has 0 aliphatic carbocycles. The van der Waals surface area contributed by atoms with Crippen LogP contribution >= 0.6 is 0 Å². The molecule has 3 N–H and O–H groups in total. The zero-order valence-electron chi connectivity index (χ0n) is 11.6. The van der Waals surface area contributed by atoms with Crippen LogP contribution in [0.2, 0.25) is 0 Å². The molecule has 2 unspecified atom stereocenters. The van der Waals surface area contributed by atoms with Crippen LogP contribution in [0.5, 0.6) is 0 Å². The fraction of sp³-hybridized carbons (Fsp3) is 1.00. The van der Waals surface area contributed by atoms with Gasteiger partial charge in [0.2, 0.25) is 0 Å². The molecule has 0 amide bonds. The Hall–Kier alpha value is -0.200. The molecule has 5 heteroatoms. The summed E-state index contributed by atoms with van der Waals surface area (Å²) in [5.41, 5.74) is 10.1. The topological polar surface area (TPSA) is 47.8 Å². The highest BCUT2D eigenvalue weighted by molar-refractivity contribution is 5.08. The van der Waals surface area contributed by atoms with E-state index in [-0.39, 0.29) is 5.54 Å². The first-order chi connectivity index (χ1) is 8.73. The van der Waals surface area contributed by atoms with E-state index in [0.29, 0.717) is 6.04 Å². The average molecular weight is 253 g/mol. The second kappa shape index (κ2) is 5.06. The summed E-state index contributed by atoms with van der Waals surface area (Å²) in [6.45, 7) is 7.81. The second-order valence-electron chi connectivity index (χ2n) is 6.21. The van der Waals surface area contributed by atoms with Crippen LogP contribution in [0.1, 0.15) is 19.3 Å². The van der Waals surface area contributed by atoms with Gasteiger partial charge in [-0.15, -0.1) is 0 Å².